The summed E-state index contributed by atoms with van der Waals surface area (Å²) in [6.07, 6.45) is 0.0330. The number of hydrogen-bond acceptors (Lipinski definition) is 3. The second-order valence-electron chi connectivity index (χ2n) is 2.86. The number of nitrogens with zero attached hydrogens (tertiary/aromatic N) is 1. The molecule has 0 saturated heterocycles. The van der Waals surface area contributed by atoms with Crippen LogP contribution in [0.25, 0.3) is 0 Å². The average Bonchev–Trinajstić information content (AvgIpc) is 2.30. The third-order valence-electron chi connectivity index (χ3n) is 1.87. The molecule has 4 heteroatoms. The number of hydrogen-bond donors (Lipinski definition) is 0. The Morgan fingerprint density at radius 1 is 1.40 bits per heavy atom. The molecule has 1 atom stereocenters. The molecule has 0 aliphatic rings. The maximum absolute atomic E-state index is 8.54. The van der Waals surface area contributed by atoms with Gasteiger partial charge in [0.25, 0.3) is 0 Å². The number of thiocyanates is 1. The molecule has 0 N–H and O–H groups in total. The highest BCUT2D eigenvalue weighted by atomic mass is 127. The van der Waals surface area contributed by atoms with Crippen molar-refractivity contribution in [2.45, 2.75) is 6.10 Å². The average molecular weight is 333 g/mol. The summed E-state index contributed by atoms with van der Waals surface area (Å²) in [7, 11) is 0. The fraction of sp³-hybridized carbons (Fsp3) is 0.364. The Kier molecular flexibility index (Phi) is 6.81. The van der Waals surface area contributed by atoms with Crippen molar-refractivity contribution >= 4 is 34.4 Å². The van der Waals surface area contributed by atoms with Crippen LogP contribution in [0.4, 0.5) is 0 Å². The van der Waals surface area contributed by atoms with E-state index >= 15 is 0 Å². The fourth-order valence-corrected chi connectivity index (χ4v) is 1.98. The topological polar surface area (TPSA) is 33.0 Å². The standard InChI is InChI=1S/C11H12INOS/c12-6-7-14-11(8-15-9-13)10-4-2-1-3-5-10/h1-5,11H,6-8H2. The minimum atomic E-state index is 0.0330. The van der Waals surface area contributed by atoms with Gasteiger partial charge in [0, 0.05) is 10.2 Å². The molecule has 0 bridgehead atoms. The number of ether oxygens (including phenoxy) is 1. The quantitative estimate of drug-likeness (QED) is 0.454. The molecule has 0 saturated carbocycles. The summed E-state index contributed by atoms with van der Waals surface area (Å²) in [5, 5.41) is 10.6. The molecule has 80 valence electrons. The van der Waals surface area contributed by atoms with Gasteiger partial charge in [-0.3, -0.25) is 0 Å². The Morgan fingerprint density at radius 2 is 2.13 bits per heavy atom. The number of benzene rings is 1. The van der Waals surface area contributed by atoms with Gasteiger partial charge in [0.15, 0.2) is 0 Å². The summed E-state index contributed by atoms with van der Waals surface area (Å²) in [5.41, 5.74) is 1.14. The van der Waals surface area contributed by atoms with Crippen LogP contribution >= 0.6 is 34.4 Å². The van der Waals surface area contributed by atoms with E-state index in [9.17, 15) is 0 Å². The number of alkyl halides is 1. The van der Waals surface area contributed by atoms with Crippen LogP contribution < -0.4 is 0 Å². The first-order chi connectivity index (χ1) is 7.38. The van der Waals surface area contributed by atoms with Gasteiger partial charge in [0.2, 0.25) is 0 Å². The van der Waals surface area contributed by atoms with E-state index in [1.165, 1.54) is 11.8 Å². The molecule has 0 heterocycles. The summed E-state index contributed by atoms with van der Waals surface area (Å²) < 4.78 is 6.67. The van der Waals surface area contributed by atoms with Crippen LogP contribution in [0.15, 0.2) is 30.3 Å². The predicted octanol–water partition coefficient (Wildman–Crippen LogP) is 3.39. The molecule has 0 spiro atoms. The van der Waals surface area contributed by atoms with Crippen molar-refractivity contribution < 1.29 is 4.74 Å². The molecule has 0 amide bonds. The Hall–Kier alpha value is -0.250. The molecule has 0 radical (unpaired) electrons. The maximum Gasteiger partial charge on any atom is 0.133 e. The van der Waals surface area contributed by atoms with E-state index in [0.717, 1.165) is 16.6 Å². The van der Waals surface area contributed by atoms with E-state index in [0.29, 0.717) is 5.75 Å². The summed E-state index contributed by atoms with van der Waals surface area (Å²) in [6, 6.07) is 10.0. The second kappa shape index (κ2) is 7.97. The highest BCUT2D eigenvalue weighted by Gasteiger charge is 2.11. The van der Waals surface area contributed by atoms with Gasteiger partial charge in [0.05, 0.1) is 12.7 Å². The minimum Gasteiger partial charge on any atom is -0.372 e. The molecule has 0 aliphatic heterocycles. The van der Waals surface area contributed by atoms with Gasteiger partial charge in [-0.2, -0.15) is 5.26 Å². The number of thioether (sulfide) groups is 1. The molecule has 0 aromatic heterocycles. The van der Waals surface area contributed by atoms with E-state index in [2.05, 4.69) is 28.0 Å². The molecule has 0 aliphatic carbocycles. The van der Waals surface area contributed by atoms with Crippen molar-refractivity contribution in [3.05, 3.63) is 35.9 Å². The highest BCUT2D eigenvalue weighted by Crippen LogP contribution is 2.21. The first-order valence-electron chi connectivity index (χ1n) is 4.62. The molecule has 1 rings (SSSR count). The van der Waals surface area contributed by atoms with Crippen LogP contribution in [-0.2, 0) is 4.74 Å². The summed E-state index contributed by atoms with van der Waals surface area (Å²) in [5.74, 6) is 0.692. The van der Waals surface area contributed by atoms with Crippen molar-refractivity contribution in [3.8, 4) is 5.40 Å². The monoisotopic (exact) mass is 333 g/mol. The lowest BCUT2D eigenvalue weighted by atomic mass is 10.1. The van der Waals surface area contributed by atoms with Crippen molar-refractivity contribution in [2.75, 3.05) is 16.8 Å². The lowest BCUT2D eigenvalue weighted by Gasteiger charge is -2.15. The first kappa shape index (κ1) is 12.8. The van der Waals surface area contributed by atoms with Gasteiger partial charge in [-0.05, 0) is 17.3 Å². The Morgan fingerprint density at radius 3 is 2.73 bits per heavy atom. The first-order valence-corrected chi connectivity index (χ1v) is 7.13. The predicted molar refractivity (Wildman–Crippen MR) is 72.1 cm³/mol. The van der Waals surface area contributed by atoms with Gasteiger partial charge < -0.3 is 4.74 Å². The zero-order valence-electron chi connectivity index (χ0n) is 8.23. The van der Waals surface area contributed by atoms with E-state index in [1.54, 1.807) is 0 Å². The van der Waals surface area contributed by atoms with Gasteiger partial charge in [-0.25, -0.2) is 0 Å². The number of nitriles is 1. The van der Waals surface area contributed by atoms with Crippen LogP contribution in [0, 0.1) is 10.7 Å². The second-order valence-corrected chi connectivity index (χ2v) is 4.74. The smallest absolute Gasteiger partial charge is 0.133 e. The number of halogens is 1. The summed E-state index contributed by atoms with van der Waals surface area (Å²) >= 11 is 3.52. The van der Waals surface area contributed by atoms with Crippen molar-refractivity contribution in [1.82, 2.24) is 0 Å². The Bertz CT molecular complexity index is 312. The zero-order valence-corrected chi connectivity index (χ0v) is 11.2. The van der Waals surface area contributed by atoms with Gasteiger partial charge in [-0.15, -0.1) is 0 Å². The third-order valence-corrected chi connectivity index (χ3v) is 2.91. The Balaban J connectivity index is 2.59. The lowest BCUT2D eigenvalue weighted by molar-refractivity contribution is 0.0833. The van der Waals surface area contributed by atoms with Gasteiger partial charge in [0.1, 0.15) is 5.40 Å². The SMILES string of the molecule is N#CSCC(OCCI)c1ccccc1. The van der Waals surface area contributed by atoms with Gasteiger partial charge in [-0.1, -0.05) is 52.9 Å². The summed E-state index contributed by atoms with van der Waals surface area (Å²) in [6.45, 7) is 0.728. The largest absolute Gasteiger partial charge is 0.372 e. The maximum atomic E-state index is 8.54. The molecule has 1 unspecified atom stereocenters. The highest BCUT2D eigenvalue weighted by molar-refractivity contribution is 14.1. The van der Waals surface area contributed by atoms with E-state index in [1.807, 2.05) is 30.3 Å². The molecule has 2 nitrogen and oxygen atoms in total. The van der Waals surface area contributed by atoms with E-state index < -0.39 is 0 Å². The van der Waals surface area contributed by atoms with Gasteiger partial charge >= 0.3 is 0 Å². The van der Waals surface area contributed by atoms with Crippen LogP contribution in [0.2, 0.25) is 0 Å². The van der Waals surface area contributed by atoms with Crippen molar-refractivity contribution in [1.29, 1.82) is 5.26 Å². The molecule has 1 aromatic carbocycles. The molecular weight excluding hydrogens is 321 g/mol. The van der Waals surface area contributed by atoms with E-state index in [-0.39, 0.29) is 6.10 Å². The molecule has 0 fully saturated rings. The van der Waals surface area contributed by atoms with Crippen LogP contribution in [0.5, 0.6) is 0 Å². The molecule has 1 aromatic rings. The number of rotatable bonds is 6. The third kappa shape index (κ3) is 4.87. The van der Waals surface area contributed by atoms with Crippen LogP contribution in [-0.4, -0.2) is 16.8 Å². The van der Waals surface area contributed by atoms with Crippen LogP contribution in [0.1, 0.15) is 11.7 Å². The van der Waals surface area contributed by atoms with Crippen LogP contribution in [0.3, 0.4) is 0 Å². The molecule has 15 heavy (non-hydrogen) atoms. The lowest BCUT2D eigenvalue weighted by Crippen LogP contribution is -2.08. The van der Waals surface area contributed by atoms with Crippen molar-refractivity contribution in [2.24, 2.45) is 0 Å². The Labute approximate surface area is 108 Å². The minimum absolute atomic E-state index is 0.0330. The van der Waals surface area contributed by atoms with E-state index in [4.69, 9.17) is 10.00 Å². The van der Waals surface area contributed by atoms with Crippen molar-refractivity contribution in [3.63, 3.8) is 0 Å². The molecular formula is C11H12INOS. The normalized spacial score (nSPS) is 12.0. The fourth-order valence-electron chi connectivity index (χ4n) is 1.21. The zero-order chi connectivity index (χ0) is 10.9. The summed E-state index contributed by atoms with van der Waals surface area (Å²) in [4.78, 5) is 0.